The number of thioether (sulfide) groups is 1. The van der Waals surface area contributed by atoms with Crippen LogP contribution in [0.25, 0.3) is 6.08 Å². The van der Waals surface area contributed by atoms with Crippen molar-refractivity contribution in [3.8, 4) is 11.5 Å². The second-order valence-corrected chi connectivity index (χ2v) is 7.93. The van der Waals surface area contributed by atoms with E-state index in [0.29, 0.717) is 28.2 Å². The van der Waals surface area contributed by atoms with Gasteiger partial charge in [-0.25, -0.2) is 4.99 Å². The van der Waals surface area contributed by atoms with E-state index >= 15 is 0 Å². The largest absolute Gasteiger partial charge is 0.497 e. The maximum absolute atomic E-state index is 12.9. The summed E-state index contributed by atoms with van der Waals surface area (Å²) in [6, 6.07) is 11.1. The van der Waals surface area contributed by atoms with Crippen molar-refractivity contribution in [2.75, 3.05) is 26.5 Å². The Bertz CT molecular complexity index is 959. The smallest absolute Gasteiger partial charge is 0.252 e. The Morgan fingerprint density at radius 2 is 2.03 bits per heavy atom. The molecule has 0 spiro atoms. The van der Waals surface area contributed by atoms with Crippen LogP contribution in [0.3, 0.4) is 0 Å². The number of nitrogens with zero attached hydrogens (tertiary/aromatic N) is 2. The second kappa shape index (κ2) is 9.85. The normalized spacial score (nSPS) is 15.7. The number of carbonyl (C=O) groups is 1. The van der Waals surface area contributed by atoms with Gasteiger partial charge in [0.25, 0.3) is 5.91 Å². The lowest BCUT2D eigenvalue weighted by atomic mass is 10.1. The Hall–Kier alpha value is -2.44. The number of carbonyl (C=O) groups excluding carboxylic acids is 1. The van der Waals surface area contributed by atoms with Gasteiger partial charge in [0.2, 0.25) is 0 Å². The minimum absolute atomic E-state index is 0.126. The highest BCUT2D eigenvalue weighted by Crippen LogP contribution is 2.28. The summed E-state index contributed by atoms with van der Waals surface area (Å²) in [5, 5.41) is 1.35. The Morgan fingerprint density at radius 1 is 1.21 bits per heavy atom. The molecule has 0 atom stereocenters. The summed E-state index contributed by atoms with van der Waals surface area (Å²) in [7, 11) is 3.20. The van der Waals surface area contributed by atoms with Gasteiger partial charge in [0.15, 0.2) is 5.17 Å². The van der Waals surface area contributed by atoms with Gasteiger partial charge in [-0.15, -0.1) is 0 Å². The molecule has 1 amide bonds. The second-order valence-electron chi connectivity index (χ2n) is 6.46. The van der Waals surface area contributed by atoms with Gasteiger partial charge in [-0.3, -0.25) is 9.69 Å². The van der Waals surface area contributed by atoms with Crippen molar-refractivity contribution in [2.24, 2.45) is 4.99 Å². The molecule has 1 fully saturated rings. The Balaban J connectivity index is 1.83. The monoisotopic (exact) mass is 430 g/mol. The number of halogens is 1. The van der Waals surface area contributed by atoms with Crippen LogP contribution in [0.1, 0.15) is 17.5 Å². The molecule has 0 aliphatic carbocycles. The summed E-state index contributed by atoms with van der Waals surface area (Å²) >= 11 is 7.78. The molecule has 2 aromatic rings. The van der Waals surface area contributed by atoms with Crippen molar-refractivity contribution in [1.29, 1.82) is 0 Å². The molecule has 152 valence electrons. The zero-order chi connectivity index (χ0) is 20.8. The van der Waals surface area contributed by atoms with Crippen molar-refractivity contribution >= 4 is 46.2 Å². The summed E-state index contributed by atoms with van der Waals surface area (Å²) in [4.78, 5) is 19.3. The third-order valence-corrected chi connectivity index (χ3v) is 5.95. The van der Waals surface area contributed by atoms with E-state index in [9.17, 15) is 4.79 Å². The van der Waals surface area contributed by atoms with Crippen LogP contribution in [0, 0.1) is 6.92 Å². The molecule has 1 saturated heterocycles. The standard InChI is InChI=1S/C22H23ClN2O3S/c1-15-5-7-17(14-19(15)23)24-22-25(11-4-12-29-22)21(26)10-6-16-13-18(27-2)8-9-20(16)28-3/h5-10,13-14H,4,11-12H2,1-3H3. The number of amidine groups is 1. The molecule has 7 heteroatoms. The number of amides is 1. The van der Waals surface area contributed by atoms with Crippen LogP contribution in [-0.2, 0) is 4.79 Å². The fraction of sp³-hybridized carbons (Fsp3) is 0.273. The molecule has 0 bridgehead atoms. The number of benzene rings is 2. The van der Waals surface area contributed by atoms with Crippen LogP contribution in [-0.4, -0.2) is 42.5 Å². The topological polar surface area (TPSA) is 51.1 Å². The summed E-state index contributed by atoms with van der Waals surface area (Å²) in [5.74, 6) is 2.17. The van der Waals surface area contributed by atoms with Crippen molar-refractivity contribution in [3.63, 3.8) is 0 Å². The first-order chi connectivity index (χ1) is 14.0. The molecule has 29 heavy (non-hydrogen) atoms. The van der Waals surface area contributed by atoms with Crippen LogP contribution >= 0.6 is 23.4 Å². The average Bonchev–Trinajstić information content (AvgIpc) is 2.74. The van der Waals surface area contributed by atoms with Gasteiger partial charge in [-0.2, -0.15) is 0 Å². The predicted molar refractivity (Wildman–Crippen MR) is 121 cm³/mol. The minimum Gasteiger partial charge on any atom is -0.497 e. The van der Waals surface area contributed by atoms with Gasteiger partial charge >= 0.3 is 0 Å². The van der Waals surface area contributed by atoms with Gasteiger partial charge in [0, 0.05) is 29.0 Å². The lowest BCUT2D eigenvalue weighted by Gasteiger charge is -2.26. The number of rotatable bonds is 5. The first-order valence-electron chi connectivity index (χ1n) is 9.21. The molecule has 1 aliphatic rings. The highest BCUT2D eigenvalue weighted by molar-refractivity contribution is 8.13. The third kappa shape index (κ3) is 5.34. The van der Waals surface area contributed by atoms with Gasteiger partial charge in [-0.1, -0.05) is 29.4 Å². The fourth-order valence-electron chi connectivity index (χ4n) is 2.84. The minimum atomic E-state index is -0.126. The summed E-state index contributed by atoms with van der Waals surface area (Å²) < 4.78 is 10.6. The first kappa shape index (κ1) is 21.3. The third-order valence-electron chi connectivity index (χ3n) is 4.48. The lowest BCUT2D eigenvalue weighted by Crippen LogP contribution is -2.38. The number of hydrogen-bond acceptors (Lipinski definition) is 5. The van der Waals surface area contributed by atoms with Gasteiger partial charge in [-0.05, 0) is 55.3 Å². The lowest BCUT2D eigenvalue weighted by molar-refractivity contribution is -0.122. The van der Waals surface area contributed by atoms with Crippen LogP contribution in [0.2, 0.25) is 5.02 Å². The maximum atomic E-state index is 12.9. The molecule has 0 N–H and O–H groups in total. The summed E-state index contributed by atoms with van der Waals surface area (Å²) in [6.07, 6.45) is 4.20. The van der Waals surface area contributed by atoms with E-state index < -0.39 is 0 Å². The maximum Gasteiger partial charge on any atom is 0.252 e. The predicted octanol–water partition coefficient (Wildman–Crippen LogP) is 5.33. The molecular weight excluding hydrogens is 408 g/mol. The Labute approximate surface area is 180 Å². The quantitative estimate of drug-likeness (QED) is 0.601. The Kier molecular flexibility index (Phi) is 7.23. The van der Waals surface area contributed by atoms with Gasteiger partial charge in [0.05, 0.1) is 19.9 Å². The van der Waals surface area contributed by atoms with Crippen LogP contribution in [0.4, 0.5) is 5.69 Å². The molecule has 0 radical (unpaired) electrons. The number of aryl methyl sites for hydroxylation is 1. The molecule has 5 nitrogen and oxygen atoms in total. The van der Waals surface area contributed by atoms with Gasteiger partial charge < -0.3 is 9.47 Å². The molecule has 0 saturated carbocycles. The molecule has 0 unspecified atom stereocenters. The molecule has 1 heterocycles. The number of ether oxygens (including phenoxy) is 2. The SMILES string of the molecule is COc1ccc(OC)c(C=CC(=O)N2CCCSC2=Nc2ccc(C)c(Cl)c2)c1. The first-order valence-corrected chi connectivity index (χ1v) is 10.6. The van der Waals surface area contributed by atoms with E-state index in [1.54, 1.807) is 43.0 Å². The Morgan fingerprint density at radius 3 is 2.76 bits per heavy atom. The molecule has 2 aromatic carbocycles. The van der Waals surface area contributed by atoms with E-state index in [-0.39, 0.29) is 5.91 Å². The van der Waals surface area contributed by atoms with E-state index in [0.717, 1.165) is 29.0 Å². The zero-order valence-corrected chi connectivity index (χ0v) is 18.2. The van der Waals surface area contributed by atoms with E-state index in [1.165, 1.54) is 0 Å². The van der Waals surface area contributed by atoms with E-state index in [2.05, 4.69) is 4.99 Å². The van der Waals surface area contributed by atoms with Crippen LogP contribution < -0.4 is 9.47 Å². The molecule has 1 aliphatic heterocycles. The van der Waals surface area contributed by atoms with Crippen molar-refractivity contribution in [1.82, 2.24) is 4.90 Å². The molecular formula is C22H23ClN2O3S. The van der Waals surface area contributed by atoms with E-state index in [1.807, 2.05) is 43.3 Å². The molecule has 3 rings (SSSR count). The highest BCUT2D eigenvalue weighted by atomic mass is 35.5. The molecule has 0 aromatic heterocycles. The number of methoxy groups -OCH3 is 2. The van der Waals surface area contributed by atoms with Crippen molar-refractivity contribution < 1.29 is 14.3 Å². The van der Waals surface area contributed by atoms with Crippen LogP contribution in [0.15, 0.2) is 47.5 Å². The summed E-state index contributed by atoms with van der Waals surface area (Å²) in [5.41, 5.74) is 2.50. The highest BCUT2D eigenvalue weighted by Gasteiger charge is 2.22. The van der Waals surface area contributed by atoms with Crippen LogP contribution in [0.5, 0.6) is 11.5 Å². The van der Waals surface area contributed by atoms with Gasteiger partial charge in [0.1, 0.15) is 11.5 Å². The van der Waals surface area contributed by atoms with E-state index in [4.69, 9.17) is 21.1 Å². The summed E-state index contributed by atoms with van der Waals surface area (Å²) in [6.45, 7) is 2.58. The average molecular weight is 431 g/mol. The number of hydrogen-bond donors (Lipinski definition) is 0. The van der Waals surface area contributed by atoms with Crippen molar-refractivity contribution in [2.45, 2.75) is 13.3 Å². The number of aliphatic imine (C=N–C) groups is 1. The van der Waals surface area contributed by atoms with Crippen molar-refractivity contribution in [3.05, 3.63) is 58.6 Å². The zero-order valence-electron chi connectivity index (χ0n) is 16.6. The fourth-order valence-corrected chi connectivity index (χ4v) is 3.98.